The van der Waals surface area contributed by atoms with Gasteiger partial charge in [-0.25, -0.2) is 0 Å². The second-order valence-corrected chi connectivity index (χ2v) is 3.53. The van der Waals surface area contributed by atoms with E-state index >= 15 is 0 Å². The summed E-state index contributed by atoms with van der Waals surface area (Å²) in [4.78, 5) is 11.6. The number of fused-ring (bicyclic) bond motifs is 1. The molecular weight excluding hydrogens is 194 g/mol. The zero-order valence-corrected chi connectivity index (χ0v) is 8.74. The number of ketones is 1. The largest absolute Gasteiger partial charge is 0.493 e. The molecule has 80 valence electrons. The molecule has 2 N–H and O–H groups in total. The molecule has 15 heavy (non-hydrogen) atoms. The van der Waals surface area contributed by atoms with E-state index in [1.165, 1.54) is 0 Å². The maximum atomic E-state index is 11.6. The van der Waals surface area contributed by atoms with Crippen molar-refractivity contribution in [2.24, 2.45) is 5.73 Å². The fraction of sp³-hybridized carbons (Fsp3) is 0.364. The Morgan fingerprint density at radius 3 is 2.47 bits per heavy atom. The van der Waals surface area contributed by atoms with Gasteiger partial charge in [0.1, 0.15) is 0 Å². The van der Waals surface area contributed by atoms with E-state index in [0.717, 1.165) is 5.56 Å². The molecular formula is C11H13NO3. The van der Waals surface area contributed by atoms with Crippen LogP contribution in [0.3, 0.4) is 0 Å². The van der Waals surface area contributed by atoms with Crippen molar-refractivity contribution in [1.29, 1.82) is 0 Å². The molecule has 0 heterocycles. The zero-order valence-electron chi connectivity index (χ0n) is 8.74. The summed E-state index contributed by atoms with van der Waals surface area (Å²) in [5.74, 6) is 1.25. The quantitative estimate of drug-likeness (QED) is 0.793. The number of rotatable bonds is 2. The first-order valence-corrected chi connectivity index (χ1v) is 4.72. The summed E-state index contributed by atoms with van der Waals surface area (Å²) in [6.07, 6.45) is 0.367. The zero-order chi connectivity index (χ0) is 11.0. The van der Waals surface area contributed by atoms with Crippen LogP contribution in [0.5, 0.6) is 11.5 Å². The normalized spacial score (nSPS) is 18.9. The van der Waals surface area contributed by atoms with E-state index in [9.17, 15) is 4.79 Å². The highest BCUT2D eigenvalue weighted by Crippen LogP contribution is 2.38. The van der Waals surface area contributed by atoms with Gasteiger partial charge in [-0.1, -0.05) is 0 Å². The first kappa shape index (κ1) is 9.98. The van der Waals surface area contributed by atoms with Crippen molar-refractivity contribution in [3.05, 3.63) is 23.3 Å². The smallest absolute Gasteiger partial charge is 0.165 e. The summed E-state index contributed by atoms with van der Waals surface area (Å²) in [5.41, 5.74) is 7.33. The molecule has 0 spiro atoms. The molecule has 1 aromatic carbocycles. The van der Waals surface area contributed by atoms with E-state index in [1.807, 2.05) is 0 Å². The van der Waals surface area contributed by atoms with Gasteiger partial charge in [-0.05, 0) is 17.7 Å². The van der Waals surface area contributed by atoms with Crippen molar-refractivity contribution in [2.45, 2.75) is 12.5 Å². The van der Waals surface area contributed by atoms with E-state index in [-0.39, 0.29) is 11.8 Å². The van der Waals surface area contributed by atoms with Crippen molar-refractivity contribution in [1.82, 2.24) is 0 Å². The van der Waals surface area contributed by atoms with E-state index in [1.54, 1.807) is 26.4 Å². The molecule has 0 amide bonds. The van der Waals surface area contributed by atoms with Crippen LogP contribution in [0, 0.1) is 0 Å². The number of methoxy groups -OCH3 is 2. The second-order valence-electron chi connectivity index (χ2n) is 3.53. The molecule has 2 rings (SSSR count). The van der Waals surface area contributed by atoms with Gasteiger partial charge >= 0.3 is 0 Å². The van der Waals surface area contributed by atoms with E-state index in [4.69, 9.17) is 15.2 Å². The third kappa shape index (κ3) is 1.47. The number of hydrogen-bond donors (Lipinski definition) is 1. The van der Waals surface area contributed by atoms with Crippen molar-refractivity contribution >= 4 is 5.78 Å². The van der Waals surface area contributed by atoms with Gasteiger partial charge in [-0.3, -0.25) is 4.79 Å². The lowest BCUT2D eigenvalue weighted by Crippen LogP contribution is -2.06. The predicted molar refractivity (Wildman–Crippen MR) is 55.4 cm³/mol. The highest BCUT2D eigenvalue weighted by atomic mass is 16.5. The number of carbonyl (C=O) groups is 1. The highest BCUT2D eigenvalue weighted by molar-refractivity contribution is 6.01. The minimum absolute atomic E-state index is 0.0680. The maximum Gasteiger partial charge on any atom is 0.165 e. The Hall–Kier alpha value is -1.55. The van der Waals surface area contributed by atoms with E-state index in [2.05, 4.69) is 0 Å². The van der Waals surface area contributed by atoms with Crippen LogP contribution in [0.15, 0.2) is 12.1 Å². The number of benzene rings is 1. The van der Waals surface area contributed by atoms with E-state index in [0.29, 0.717) is 23.5 Å². The minimum Gasteiger partial charge on any atom is -0.493 e. The van der Waals surface area contributed by atoms with Crippen LogP contribution >= 0.6 is 0 Å². The van der Waals surface area contributed by atoms with Gasteiger partial charge in [-0.15, -0.1) is 0 Å². The molecule has 0 bridgehead atoms. The van der Waals surface area contributed by atoms with Gasteiger partial charge in [0.25, 0.3) is 0 Å². The molecule has 1 atom stereocenters. The van der Waals surface area contributed by atoms with Gasteiger partial charge in [0.2, 0.25) is 0 Å². The molecule has 0 aliphatic heterocycles. The SMILES string of the molecule is COc1cc2c(cc1OC)[C@@H](N)CC2=O. The topological polar surface area (TPSA) is 61.6 Å². The van der Waals surface area contributed by atoms with Crippen molar-refractivity contribution in [3.8, 4) is 11.5 Å². The Labute approximate surface area is 88.0 Å². The third-order valence-corrected chi connectivity index (χ3v) is 2.66. The van der Waals surface area contributed by atoms with Gasteiger partial charge in [0, 0.05) is 18.0 Å². The summed E-state index contributed by atoms with van der Waals surface area (Å²) >= 11 is 0. The van der Waals surface area contributed by atoms with Crippen molar-refractivity contribution < 1.29 is 14.3 Å². The average Bonchev–Trinajstić information content (AvgIpc) is 2.52. The Morgan fingerprint density at radius 1 is 1.27 bits per heavy atom. The van der Waals surface area contributed by atoms with Crippen molar-refractivity contribution in [3.63, 3.8) is 0 Å². The van der Waals surface area contributed by atoms with Crippen LogP contribution < -0.4 is 15.2 Å². The summed E-state index contributed by atoms with van der Waals surface area (Å²) in [6, 6.07) is 3.26. The van der Waals surface area contributed by atoms with Crippen LogP contribution in [0.1, 0.15) is 28.4 Å². The molecule has 1 aromatic rings. The van der Waals surface area contributed by atoms with Crippen LogP contribution in [0.4, 0.5) is 0 Å². The lowest BCUT2D eigenvalue weighted by atomic mass is 10.1. The molecule has 1 aliphatic rings. The summed E-state index contributed by atoms with van der Waals surface area (Å²) in [6.45, 7) is 0. The number of Topliss-reactive ketones (excluding diaryl/α,β-unsaturated/α-hetero) is 1. The summed E-state index contributed by atoms with van der Waals surface area (Å²) < 4.78 is 10.3. The van der Waals surface area contributed by atoms with Crippen LogP contribution in [-0.4, -0.2) is 20.0 Å². The van der Waals surface area contributed by atoms with Crippen LogP contribution in [0.25, 0.3) is 0 Å². The van der Waals surface area contributed by atoms with Gasteiger partial charge in [0.15, 0.2) is 17.3 Å². The standard InChI is InChI=1S/C11H13NO3/c1-14-10-3-6-7(4-11(10)15-2)9(13)5-8(6)12/h3-4,8H,5,12H2,1-2H3/t8-/m0/s1. The fourth-order valence-electron chi connectivity index (χ4n) is 1.86. The monoisotopic (exact) mass is 207 g/mol. The molecule has 0 radical (unpaired) electrons. The summed E-state index contributed by atoms with van der Waals surface area (Å²) in [5, 5.41) is 0. The number of nitrogens with two attached hydrogens (primary N) is 1. The fourth-order valence-corrected chi connectivity index (χ4v) is 1.86. The molecule has 0 saturated carbocycles. The number of ether oxygens (including phenoxy) is 2. The Morgan fingerprint density at radius 2 is 1.87 bits per heavy atom. The molecule has 0 fully saturated rings. The number of hydrogen-bond acceptors (Lipinski definition) is 4. The average molecular weight is 207 g/mol. The maximum absolute atomic E-state index is 11.6. The molecule has 0 saturated heterocycles. The summed E-state index contributed by atoms with van der Waals surface area (Å²) in [7, 11) is 3.11. The Bertz CT molecular complexity index is 415. The first-order chi connectivity index (χ1) is 7.17. The second kappa shape index (κ2) is 3.55. The van der Waals surface area contributed by atoms with Gasteiger partial charge < -0.3 is 15.2 Å². The third-order valence-electron chi connectivity index (χ3n) is 2.66. The van der Waals surface area contributed by atoms with Crippen LogP contribution in [-0.2, 0) is 0 Å². The molecule has 0 unspecified atom stereocenters. The van der Waals surface area contributed by atoms with Crippen molar-refractivity contribution in [2.75, 3.05) is 14.2 Å². The molecule has 0 aromatic heterocycles. The molecule has 1 aliphatic carbocycles. The van der Waals surface area contributed by atoms with Crippen LogP contribution in [0.2, 0.25) is 0 Å². The Kier molecular flexibility index (Phi) is 2.36. The Balaban J connectivity index is 2.58. The van der Waals surface area contributed by atoms with E-state index < -0.39 is 0 Å². The number of carbonyl (C=O) groups excluding carboxylic acids is 1. The first-order valence-electron chi connectivity index (χ1n) is 4.72. The lowest BCUT2D eigenvalue weighted by molar-refractivity contribution is 0.0989. The minimum atomic E-state index is -0.215. The highest BCUT2D eigenvalue weighted by Gasteiger charge is 2.28. The van der Waals surface area contributed by atoms with Gasteiger partial charge in [-0.2, -0.15) is 0 Å². The lowest BCUT2D eigenvalue weighted by Gasteiger charge is -2.10. The molecule has 4 nitrogen and oxygen atoms in total. The van der Waals surface area contributed by atoms with Gasteiger partial charge in [0.05, 0.1) is 14.2 Å². The molecule has 4 heteroatoms. The predicted octanol–water partition coefficient (Wildman–Crippen LogP) is 1.29.